The lowest BCUT2D eigenvalue weighted by atomic mass is 9.94. The first-order valence-electron chi connectivity index (χ1n) is 14.9. The summed E-state index contributed by atoms with van der Waals surface area (Å²) in [7, 11) is 0. The molecule has 3 aliphatic rings. The number of ether oxygens (including phenoxy) is 5. The number of hydrogen-bond donors (Lipinski definition) is 1. The van der Waals surface area contributed by atoms with Crippen LogP contribution in [0.5, 0.6) is 23.0 Å². The number of ketones is 1. The van der Waals surface area contributed by atoms with E-state index in [9.17, 15) is 14.7 Å². The summed E-state index contributed by atoms with van der Waals surface area (Å²) in [5.41, 5.74) is 1.07. The average molecular weight is 581 g/mol. The second-order valence-corrected chi connectivity index (χ2v) is 10.5. The van der Waals surface area contributed by atoms with Crippen molar-refractivity contribution in [1.29, 1.82) is 0 Å². The standard InChI is InChI=1S/C32H40N2O8/c1-3-5-15-40-24-9-7-22(20-26(24)39-4-2)29-28(30(35)23-8-10-25-27(21-23)42-19-18-41-25)31(36)32(37)34(29)12-6-11-33-13-16-38-17-14-33/h7-10,20-21,29,35H,3-6,11-19H2,1-2H3/b30-28+/t29-/m0/s1. The predicted octanol–water partition coefficient (Wildman–Crippen LogP) is 4.18. The number of aliphatic hydroxyl groups is 1. The van der Waals surface area contributed by atoms with E-state index in [1.54, 1.807) is 23.1 Å². The molecule has 1 atom stereocenters. The third kappa shape index (κ3) is 6.50. The Bertz CT molecular complexity index is 1300. The molecule has 0 radical (unpaired) electrons. The van der Waals surface area contributed by atoms with E-state index in [-0.39, 0.29) is 11.3 Å². The van der Waals surface area contributed by atoms with E-state index in [4.69, 9.17) is 23.7 Å². The Hall–Kier alpha value is -3.76. The van der Waals surface area contributed by atoms with E-state index in [2.05, 4.69) is 11.8 Å². The third-order valence-corrected chi connectivity index (χ3v) is 7.67. The summed E-state index contributed by atoms with van der Waals surface area (Å²) in [4.78, 5) is 30.9. The van der Waals surface area contributed by atoms with E-state index in [1.807, 2.05) is 25.1 Å². The second-order valence-electron chi connectivity index (χ2n) is 10.5. The highest BCUT2D eigenvalue weighted by Gasteiger charge is 2.46. The Kier molecular flexibility index (Phi) is 9.86. The van der Waals surface area contributed by atoms with Crippen LogP contribution < -0.4 is 18.9 Å². The molecule has 0 aromatic heterocycles. The molecule has 10 nitrogen and oxygen atoms in total. The van der Waals surface area contributed by atoms with Gasteiger partial charge in [0.15, 0.2) is 23.0 Å². The molecule has 0 bridgehead atoms. The number of aliphatic hydroxyl groups excluding tert-OH is 1. The minimum absolute atomic E-state index is 0.0325. The highest BCUT2D eigenvalue weighted by molar-refractivity contribution is 6.46. The molecule has 3 heterocycles. The van der Waals surface area contributed by atoms with Gasteiger partial charge in [0.2, 0.25) is 0 Å². The van der Waals surface area contributed by atoms with E-state index in [0.717, 1.165) is 32.5 Å². The zero-order valence-electron chi connectivity index (χ0n) is 24.4. The Morgan fingerprint density at radius 3 is 2.45 bits per heavy atom. The Morgan fingerprint density at radius 2 is 1.69 bits per heavy atom. The first-order chi connectivity index (χ1) is 20.5. The van der Waals surface area contributed by atoms with Crippen molar-refractivity contribution >= 4 is 17.4 Å². The third-order valence-electron chi connectivity index (χ3n) is 7.67. The first kappa shape index (κ1) is 29.7. The predicted molar refractivity (Wildman–Crippen MR) is 156 cm³/mol. The van der Waals surface area contributed by atoms with Gasteiger partial charge in [-0.05, 0) is 55.7 Å². The van der Waals surface area contributed by atoms with Gasteiger partial charge in [0.25, 0.3) is 11.7 Å². The van der Waals surface area contributed by atoms with Gasteiger partial charge in [0.05, 0.1) is 38.0 Å². The Labute approximate surface area is 246 Å². The van der Waals surface area contributed by atoms with Gasteiger partial charge >= 0.3 is 0 Å². The maximum absolute atomic E-state index is 13.6. The summed E-state index contributed by atoms with van der Waals surface area (Å²) < 4.78 is 28.7. The summed E-state index contributed by atoms with van der Waals surface area (Å²) in [6, 6.07) is 9.68. The van der Waals surface area contributed by atoms with Gasteiger partial charge < -0.3 is 33.7 Å². The van der Waals surface area contributed by atoms with Gasteiger partial charge in [-0.2, -0.15) is 0 Å². The van der Waals surface area contributed by atoms with Crippen molar-refractivity contribution < 1.29 is 38.4 Å². The van der Waals surface area contributed by atoms with Crippen molar-refractivity contribution in [1.82, 2.24) is 9.80 Å². The van der Waals surface area contributed by atoms with Crippen LogP contribution in [0.3, 0.4) is 0 Å². The topological polar surface area (TPSA) is 107 Å². The smallest absolute Gasteiger partial charge is 0.295 e. The molecule has 0 aliphatic carbocycles. The highest BCUT2D eigenvalue weighted by Crippen LogP contribution is 2.43. The van der Waals surface area contributed by atoms with E-state index >= 15 is 0 Å². The number of hydrogen-bond acceptors (Lipinski definition) is 9. The summed E-state index contributed by atoms with van der Waals surface area (Å²) in [6.07, 6.45) is 2.58. The number of amides is 1. The molecule has 226 valence electrons. The van der Waals surface area contributed by atoms with E-state index in [1.165, 1.54) is 0 Å². The number of nitrogens with zero attached hydrogens (tertiary/aromatic N) is 2. The number of carbonyl (C=O) groups excluding carboxylic acids is 2. The lowest BCUT2D eigenvalue weighted by molar-refractivity contribution is -0.140. The quantitative estimate of drug-likeness (QED) is 0.171. The normalized spacial score (nSPS) is 20.1. The van der Waals surface area contributed by atoms with Crippen LogP contribution in [0.15, 0.2) is 42.0 Å². The monoisotopic (exact) mass is 580 g/mol. The molecule has 5 rings (SSSR count). The van der Waals surface area contributed by atoms with Crippen LogP contribution in [0.25, 0.3) is 5.76 Å². The number of unbranched alkanes of at least 4 members (excludes halogenated alkanes) is 1. The van der Waals surface area contributed by atoms with Crippen molar-refractivity contribution in [3.63, 3.8) is 0 Å². The zero-order chi connectivity index (χ0) is 29.5. The molecule has 2 aromatic rings. The minimum Gasteiger partial charge on any atom is -0.507 e. The van der Waals surface area contributed by atoms with Gasteiger partial charge in [0, 0.05) is 31.7 Å². The summed E-state index contributed by atoms with van der Waals surface area (Å²) in [5.74, 6) is 0.566. The molecule has 1 N–H and O–H groups in total. The first-order valence-corrected chi connectivity index (χ1v) is 14.9. The average Bonchev–Trinajstić information content (AvgIpc) is 3.27. The lowest BCUT2D eigenvalue weighted by Gasteiger charge is -2.29. The summed E-state index contributed by atoms with van der Waals surface area (Å²) in [5, 5.41) is 11.6. The molecular weight excluding hydrogens is 540 g/mol. The van der Waals surface area contributed by atoms with Crippen molar-refractivity contribution in [2.45, 2.75) is 39.2 Å². The number of fused-ring (bicyclic) bond motifs is 1. The van der Waals surface area contributed by atoms with Crippen molar-refractivity contribution in [3.8, 4) is 23.0 Å². The molecule has 2 fully saturated rings. The lowest BCUT2D eigenvalue weighted by Crippen LogP contribution is -2.39. The van der Waals surface area contributed by atoms with Crippen molar-refractivity contribution in [2.75, 3.05) is 65.8 Å². The summed E-state index contributed by atoms with van der Waals surface area (Å²) in [6.45, 7) is 9.96. The van der Waals surface area contributed by atoms with E-state index in [0.29, 0.717) is 86.7 Å². The van der Waals surface area contributed by atoms with Gasteiger partial charge in [-0.3, -0.25) is 14.5 Å². The van der Waals surface area contributed by atoms with Gasteiger partial charge in [0.1, 0.15) is 19.0 Å². The maximum Gasteiger partial charge on any atom is 0.295 e. The van der Waals surface area contributed by atoms with Crippen molar-refractivity contribution in [3.05, 3.63) is 53.1 Å². The van der Waals surface area contributed by atoms with Crippen molar-refractivity contribution in [2.24, 2.45) is 0 Å². The highest BCUT2D eigenvalue weighted by atomic mass is 16.6. The van der Waals surface area contributed by atoms with Crippen LogP contribution in [-0.2, 0) is 14.3 Å². The Morgan fingerprint density at radius 1 is 0.905 bits per heavy atom. The second kappa shape index (κ2) is 13.9. The number of carbonyl (C=O) groups is 2. The van der Waals surface area contributed by atoms with Crippen LogP contribution in [0, 0.1) is 0 Å². The van der Waals surface area contributed by atoms with Crippen LogP contribution in [0.4, 0.5) is 0 Å². The van der Waals surface area contributed by atoms with Crippen LogP contribution in [0.2, 0.25) is 0 Å². The molecule has 1 amide bonds. The molecule has 0 saturated carbocycles. The van der Waals surface area contributed by atoms with Crippen LogP contribution >= 0.6 is 0 Å². The minimum atomic E-state index is -0.799. The van der Waals surface area contributed by atoms with Gasteiger partial charge in [-0.1, -0.05) is 19.4 Å². The molecule has 2 aromatic carbocycles. The number of likely N-dealkylation sites (tertiary alicyclic amines) is 1. The van der Waals surface area contributed by atoms with Crippen LogP contribution in [0.1, 0.15) is 50.3 Å². The molecule has 0 unspecified atom stereocenters. The number of morpholine rings is 1. The fourth-order valence-electron chi connectivity index (χ4n) is 5.50. The van der Waals surface area contributed by atoms with Gasteiger partial charge in [-0.25, -0.2) is 0 Å². The maximum atomic E-state index is 13.6. The van der Waals surface area contributed by atoms with Crippen LogP contribution in [-0.4, -0.2) is 92.4 Å². The zero-order valence-corrected chi connectivity index (χ0v) is 24.4. The number of Topliss-reactive ketones (excluding diaryl/α,β-unsaturated/α-hetero) is 1. The molecule has 0 spiro atoms. The summed E-state index contributed by atoms with van der Waals surface area (Å²) >= 11 is 0. The fourth-order valence-corrected chi connectivity index (χ4v) is 5.50. The number of rotatable bonds is 12. The van der Waals surface area contributed by atoms with E-state index < -0.39 is 17.7 Å². The molecule has 2 saturated heterocycles. The fraction of sp³-hybridized carbons (Fsp3) is 0.500. The molecule has 3 aliphatic heterocycles. The Balaban J connectivity index is 1.51. The molecular formula is C32H40N2O8. The largest absolute Gasteiger partial charge is 0.507 e. The molecule has 42 heavy (non-hydrogen) atoms. The van der Waals surface area contributed by atoms with Gasteiger partial charge in [-0.15, -0.1) is 0 Å². The molecule has 10 heteroatoms. The SMILES string of the molecule is CCCCOc1ccc([C@H]2/C(=C(\O)c3ccc4c(c3)OCCO4)C(=O)C(=O)N2CCCN2CCOCC2)cc1OCC. The number of benzene rings is 2.